The van der Waals surface area contributed by atoms with E-state index in [0.29, 0.717) is 0 Å². The van der Waals surface area contributed by atoms with Crippen LogP contribution in [0.4, 0.5) is 0 Å². The average molecular weight is 256 g/mol. The first-order valence-corrected chi connectivity index (χ1v) is 6.89. The highest BCUT2D eigenvalue weighted by Gasteiger charge is 2.23. The lowest BCUT2D eigenvalue weighted by atomic mass is 9.85. The molecule has 0 aliphatic carbocycles. The first-order valence-electron chi connectivity index (χ1n) is 6.89. The third kappa shape index (κ3) is 2.13. The zero-order valence-electron chi connectivity index (χ0n) is 13.4. The van der Waals surface area contributed by atoms with E-state index in [1.807, 2.05) is 6.92 Å². The van der Waals surface area contributed by atoms with Crippen molar-refractivity contribution in [2.75, 3.05) is 0 Å². The molecule has 2 aromatic rings. The maximum Gasteiger partial charge on any atom is 0.126 e. The van der Waals surface area contributed by atoms with Gasteiger partial charge >= 0.3 is 0 Å². The molecule has 0 amide bonds. The summed E-state index contributed by atoms with van der Waals surface area (Å²) < 4.78 is 0. The lowest BCUT2D eigenvalue weighted by Crippen LogP contribution is -2.17. The van der Waals surface area contributed by atoms with Crippen LogP contribution in [0.5, 0.6) is 0 Å². The Bertz CT molecular complexity index is 661. The van der Waals surface area contributed by atoms with Gasteiger partial charge in [0.25, 0.3) is 0 Å². The Kier molecular flexibility index (Phi) is 3.16. The van der Waals surface area contributed by atoms with E-state index in [9.17, 15) is 0 Å². The summed E-state index contributed by atoms with van der Waals surface area (Å²) in [6.45, 7) is 17.4. The molecule has 0 saturated heterocycles. The topological polar surface area (TPSA) is 25.8 Å². The molecule has 0 N–H and O–H groups in total. The molecular formula is C17H24N2. The van der Waals surface area contributed by atoms with Crippen molar-refractivity contribution in [1.29, 1.82) is 0 Å². The quantitative estimate of drug-likeness (QED) is 0.695. The summed E-state index contributed by atoms with van der Waals surface area (Å²) in [5.41, 5.74) is 7.64. The van der Waals surface area contributed by atoms with Gasteiger partial charge in [0.15, 0.2) is 0 Å². The van der Waals surface area contributed by atoms with Gasteiger partial charge < -0.3 is 0 Å². The van der Waals surface area contributed by atoms with E-state index in [1.54, 1.807) is 0 Å². The van der Waals surface area contributed by atoms with E-state index < -0.39 is 0 Å². The lowest BCUT2D eigenvalue weighted by Gasteiger charge is -2.23. The van der Waals surface area contributed by atoms with Gasteiger partial charge in [-0.15, -0.1) is 0 Å². The zero-order chi connectivity index (χ0) is 14.5. The van der Waals surface area contributed by atoms with Gasteiger partial charge in [0.1, 0.15) is 5.82 Å². The van der Waals surface area contributed by atoms with E-state index in [0.717, 1.165) is 11.3 Å². The van der Waals surface area contributed by atoms with Crippen LogP contribution < -0.4 is 0 Å². The van der Waals surface area contributed by atoms with Gasteiger partial charge in [0.05, 0.1) is 11.2 Å². The van der Waals surface area contributed by atoms with Crippen LogP contribution in [0.3, 0.4) is 0 Å². The molecule has 1 aromatic heterocycles. The van der Waals surface area contributed by atoms with Crippen molar-refractivity contribution in [2.24, 2.45) is 0 Å². The average Bonchev–Trinajstić information content (AvgIpc) is 2.31. The van der Waals surface area contributed by atoms with E-state index in [-0.39, 0.29) is 5.41 Å². The van der Waals surface area contributed by atoms with Crippen LogP contribution in [-0.4, -0.2) is 9.97 Å². The Hall–Kier alpha value is -1.44. The Morgan fingerprint density at radius 2 is 1.21 bits per heavy atom. The summed E-state index contributed by atoms with van der Waals surface area (Å²) in [4.78, 5) is 9.44. The predicted octanol–water partition coefficient (Wildman–Crippen LogP) is 4.47. The third-order valence-corrected chi connectivity index (χ3v) is 4.15. The molecule has 2 heteroatoms. The molecule has 2 rings (SSSR count). The number of fused-ring (bicyclic) bond motifs is 1. The summed E-state index contributed by atoms with van der Waals surface area (Å²) in [6.07, 6.45) is 0. The molecule has 1 heterocycles. The standard InChI is InChI=1S/C17H24N2/c1-9-10(2)12(4)15-14(11(9)3)16(17(6,7)8)19-13(5)18-15/h1-8H3. The van der Waals surface area contributed by atoms with E-state index in [2.05, 4.69) is 48.5 Å². The highest BCUT2D eigenvalue weighted by atomic mass is 14.9. The predicted molar refractivity (Wildman–Crippen MR) is 81.9 cm³/mol. The van der Waals surface area contributed by atoms with Gasteiger partial charge in [0.2, 0.25) is 0 Å². The van der Waals surface area contributed by atoms with E-state index in [4.69, 9.17) is 9.97 Å². The summed E-state index contributed by atoms with van der Waals surface area (Å²) in [7, 11) is 0. The third-order valence-electron chi connectivity index (χ3n) is 4.15. The van der Waals surface area contributed by atoms with Crippen LogP contribution >= 0.6 is 0 Å². The minimum atomic E-state index is 0.0326. The second kappa shape index (κ2) is 4.29. The van der Waals surface area contributed by atoms with Crippen molar-refractivity contribution < 1.29 is 0 Å². The van der Waals surface area contributed by atoms with Gasteiger partial charge in [-0.3, -0.25) is 0 Å². The van der Waals surface area contributed by atoms with Crippen LogP contribution in [0.1, 0.15) is 54.5 Å². The molecule has 0 aliphatic heterocycles. The van der Waals surface area contributed by atoms with Gasteiger partial charge in [0, 0.05) is 10.8 Å². The lowest BCUT2D eigenvalue weighted by molar-refractivity contribution is 0.571. The highest BCUT2D eigenvalue weighted by molar-refractivity contribution is 5.90. The minimum Gasteiger partial charge on any atom is -0.237 e. The van der Waals surface area contributed by atoms with Crippen LogP contribution in [0, 0.1) is 34.6 Å². The van der Waals surface area contributed by atoms with Crippen molar-refractivity contribution in [3.63, 3.8) is 0 Å². The van der Waals surface area contributed by atoms with Gasteiger partial charge in [-0.05, 0) is 56.9 Å². The molecule has 0 unspecified atom stereocenters. The summed E-state index contributed by atoms with van der Waals surface area (Å²) in [6, 6.07) is 0. The van der Waals surface area contributed by atoms with Gasteiger partial charge in [-0.1, -0.05) is 20.8 Å². The van der Waals surface area contributed by atoms with Crippen LogP contribution in [-0.2, 0) is 5.41 Å². The van der Waals surface area contributed by atoms with E-state index >= 15 is 0 Å². The monoisotopic (exact) mass is 256 g/mol. The molecular weight excluding hydrogens is 232 g/mol. The first-order chi connectivity index (χ1) is 8.64. The van der Waals surface area contributed by atoms with Crippen LogP contribution in [0.2, 0.25) is 0 Å². The fourth-order valence-electron chi connectivity index (χ4n) is 2.67. The maximum absolute atomic E-state index is 4.73. The number of benzene rings is 1. The molecule has 1 aromatic carbocycles. The maximum atomic E-state index is 4.73. The second-order valence-electron chi connectivity index (χ2n) is 6.59. The normalized spacial score (nSPS) is 12.2. The van der Waals surface area contributed by atoms with E-state index in [1.165, 1.54) is 33.3 Å². The SMILES string of the molecule is Cc1nc(C(C)(C)C)c2c(C)c(C)c(C)c(C)c2n1. The first kappa shape index (κ1) is 14.0. The number of aryl methyl sites for hydroxylation is 3. The molecule has 0 aliphatic rings. The largest absolute Gasteiger partial charge is 0.237 e. The molecule has 0 fully saturated rings. The van der Waals surface area contributed by atoms with Crippen LogP contribution in [0.25, 0.3) is 10.9 Å². The number of hydrogen-bond donors (Lipinski definition) is 0. The number of rotatable bonds is 0. The fourth-order valence-corrected chi connectivity index (χ4v) is 2.67. The summed E-state index contributed by atoms with van der Waals surface area (Å²) in [5, 5.41) is 1.25. The second-order valence-corrected chi connectivity index (χ2v) is 6.59. The number of nitrogens with zero attached hydrogens (tertiary/aromatic N) is 2. The van der Waals surface area contributed by atoms with Crippen molar-refractivity contribution in [1.82, 2.24) is 9.97 Å². The molecule has 102 valence electrons. The van der Waals surface area contributed by atoms with Crippen molar-refractivity contribution in [3.8, 4) is 0 Å². The number of hydrogen-bond acceptors (Lipinski definition) is 2. The highest BCUT2D eigenvalue weighted by Crippen LogP contribution is 2.34. The summed E-state index contributed by atoms with van der Waals surface area (Å²) in [5.74, 6) is 0.864. The Labute approximate surface area is 116 Å². The van der Waals surface area contributed by atoms with Gasteiger partial charge in [-0.25, -0.2) is 9.97 Å². The molecule has 19 heavy (non-hydrogen) atoms. The molecule has 0 radical (unpaired) electrons. The minimum absolute atomic E-state index is 0.0326. The summed E-state index contributed by atoms with van der Waals surface area (Å²) >= 11 is 0. The van der Waals surface area contributed by atoms with Crippen LogP contribution in [0.15, 0.2) is 0 Å². The fraction of sp³-hybridized carbons (Fsp3) is 0.529. The van der Waals surface area contributed by atoms with Crippen molar-refractivity contribution in [3.05, 3.63) is 33.8 Å². The molecule has 0 bridgehead atoms. The van der Waals surface area contributed by atoms with Crippen molar-refractivity contribution in [2.45, 2.75) is 60.8 Å². The Morgan fingerprint density at radius 1 is 0.684 bits per heavy atom. The van der Waals surface area contributed by atoms with Crippen molar-refractivity contribution >= 4 is 10.9 Å². The molecule has 2 nitrogen and oxygen atoms in total. The number of aromatic nitrogens is 2. The Balaban J connectivity index is 3.08. The molecule has 0 spiro atoms. The Morgan fingerprint density at radius 3 is 1.74 bits per heavy atom. The molecule has 0 saturated carbocycles. The van der Waals surface area contributed by atoms with Gasteiger partial charge in [-0.2, -0.15) is 0 Å². The smallest absolute Gasteiger partial charge is 0.126 e. The molecule has 0 atom stereocenters. The zero-order valence-corrected chi connectivity index (χ0v) is 13.4.